The smallest absolute Gasteiger partial charge is 0.315 e. The highest BCUT2D eigenvalue weighted by Gasteiger charge is 2.18. The van der Waals surface area contributed by atoms with E-state index in [0.717, 1.165) is 0 Å². The van der Waals surface area contributed by atoms with Crippen LogP contribution in [0.3, 0.4) is 0 Å². The molecule has 0 aromatic carbocycles. The lowest BCUT2D eigenvalue weighted by atomic mass is 10.2. The fourth-order valence-electron chi connectivity index (χ4n) is 0.885. The molecule has 0 spiro atoms. The molecule has 72 valence electrons. The molecule has 13 heavy (non-hydrogen) atoms. The number of hydrogen-bond acceptors (Lipinski definition) is 2. The maximum Gasteiger partial charge on any atom is 0.315 e. The van der Waals surface area contributed by atoms with Crippen LogP contribution >= 0.6 is 0 Å². The van der Waals surface area contributed by atoms with Crippen molar-refractivity contribution in [2.75, 3.05) is 0 Å². The minimum atomic E-state index is -2.99. The SMILES string of the molecule is CC(NC(=O)C(F)F)c1ccco1. The van der Waals surface area contributed by atoms with Crippen molar-refractivity contribution in [3.05, 3.63) is 24.2 Å². The molecule has 5 heteroatoms. The van der Waals surface area contributed by atoms with Crippen LogP contribution in [0.2, 0.25) is 0 Å². The van der Waals surface area contributed by atoms with Crippen LogP contribution in [-0.2, 0) is 4.79 Å². The molecule has 1 heterocycles. The largest absolute Gasteiger partial charge is 0.467 e. The molecule has 1 N–H and O–H groups in total. The summed E-state index contributed by atoms with van der Waals surface area (Å²) in [5.41, 5.74) is 0. The molecule has 1 atom stereocenters. The molecule has 1 rings (SSSR count). The lowest BCUT2D eigenvalue weighted by Gasteiger charge is -2.10. The zero-order valence-corrected chi connectivity index (χ0v) is 6.96. The Balaban J connectivity index is 2.51. The van der Waals surface area contributed by atoms with E-state index in [4.69, 9.17) is 4.42 Å². The predicted octanol–water partition coefficient (Wildman–Crippen LogP) is 1.72. The van der Waals surface area contributed by atoms with Gasteiger partial charge in [0.1, 0.15) is 5.76 Å². The standard InChI is InChI=1S/C8H9F2NO2/c1-5(6-3-2-4-13-6)11-8(12)7(9)10/h2-5,7H,1H3,(H,11,12). The van der Waals surface area contributed by atoms with E-state index >= 15 is 0 Å². The third-order valence-corrected chi connectivity index (χ3v) is 1.53. The number of halogens is 2. The first kappa shape index (κ1) is 9.70. The van der Waals surface area contributed by atoms with Gasteiger partial charge in [-0.3, -0.25) is 4.79 Å². The van der Waals surface area contributed by atoms with E-state index in [0.29, 0.717) is 5.76 Å². The molecule has 1 unspecified atom stereocenters. The van der Waals surface area contributed by atoms with Crippen LogP contribution < -0.4 is 5.32 Å². The van der Waals surface area contributed by atoms with Crippen LogP contribution in [0.1, 0.15) is 18.7 Å². The van der Waals surface area contributed by atoms with Crippen LogP contribution in [0.4, 0.5) is 8.78 Å². The Hall–Kier alpha value is -1.39. The number of alkyl halides is 2. The third-order valence-electron chi connectivity index (χ3n) is 1.53. The molecule has 0 aliphatic carbocycles. The van der Waals surface area contributed by atoms with E-state index in [1.54, 1.807) is 19.1 Å². The van der Waals surface area contributed by atoms with E-state index in [1.807, 2.05) is 0 Å². The van der Waals surface area contributed by atoms with Crippen LogP contribution in [0.25, 0.3) is 0 Å². The summed E-state index contributed by atoms with van der Waals surface area (Å²) < 4.78 is 28.5. The third kappa shape index (κ3) is 2.54. The van der Waals surface area contributed by atoms with Gasteiger partial charge in [0.15, 0.2) is 0 Å². The summed E-state index contributed by atoms with van der Waals surface area (Å²) in [6, 6.07) is 2.70. The Morgan fingerprint density at radius 3 is 2.77 bits per heavy atom. The Labute approximate surface area is 73.7 Å². The van der Waals surface area contributed by atoms with Crippen LogP contribution in [0.15, 0.2) is 22.8 Å². The van der Waals surface area contributed by atoms with E-state index in [1.165, 1.54) is 6.26 Å². The van der Waals surface area contributed by atoms with Crippen LogP contribution in [0, 0.1) is 0 Å². The van der Waals surface area contributed by atoms with Gasteiger partial charge in [-0.1, -0.05) is 0 Å². The first-order valence-electron chi connectivity index (χ1n) is 3.73. The molecule has 0 aliphatic rings. The lowest BCUT2D eigenvalue weighted by molar-refractivity contribution is -0.132. The number of furan rings is 1. The average molecular weight is 189 g/mol. The van der Waals surface area contributed by atoms with Gasteiger partial charge in [0.25, 0.3) is 5.91 Å². The van der Waals surface area contributed by atoms with E-state index < -0.39 is 18.4 Å². The molecule has 1 amide bonds. The normalized spacial score (nSPS) is 12.9. The van der Waals surface area contributed by atoms with Gasteiger partial charge in [-0.15, -0.1) is 0 Å². The summed E-state index contributed by atoms with van der Waals surface area (Å²) in [4.78, 5) is 10.5. The summed E-state index contributed by atoms with van der Waals surface area (Å²) in [6.45, 7) is 1.57. The summed E-state index contributed by atoms with van der Waals surface area (Å²) in [5, 5.41) is 2.10. The maximum atomic E-state index is 11.8. The fourth-order valence-corrected chi connectivity index (χ4v) is 0.885. The Kier molecular flexibility index (Phi) is 3.00. The maximum absolute atomic E-state index is 11.8. The minimum Gasteiger partial charge on any atom is -0.467 e. The van der Waals surface area contributed by atoms with E-state index in [-0.39, 0.29) is 0 Å². The van der Waals surface area contributed by atoms with Crippen molar-refractivity contribution in [1.82, 2.24) is 5.32 Å². The van der Waals surface area contributed by atoms with Crippen molar-refractivity contribution in [1.29, 1.82) is 0 Å². The number of nitrogens with one attached hydrogen (secondary N) is 1. The molecular formula is C8H9F2NO2. The van der Waals surface area contributed by atoms with Crippen LogP contribution in [0.5, 0.6) is 0 Å². The fraction of sp³-hybridized carbons (Fsp3) is 0.375. The molecule has 1 aromatic heterocycles. The summed E-state index contributed by atoms with van der Waals surface area (Å²) >= 11 is 0. The van der Waals surface area contributed by atoms with E-state index in [9.17, 15) is 13.6 Å². The van der Waals surface area contributed by atoms with Crippen molar-refractivity contribution in [2.45, 2.75) is 19.4 Å². The molecular weight excluding hydrogens is 180 g/mol. The number of amides is 1. The highest BCUT2D eigenvalue weighted by molar-refractivity contribution is 5.79. The molecule has 0 aliphatic heterocycles. The number of hydrogen-bond donors (Lipinski definition) is 1. The zero-order valence-electron chi connectivity index (χ0n) is 6.96. The monoisotopic (exact) mass is 189 g/mol. The van der Waals surface area contributed by atoms with E-state index in [2.05, 4.69) is 5.32 Å². The first-order chi connectivity index (χ1) is 6.11. The van der Waals surface area contributed by atoms with Gasteiger partial charge < -0.3 is 9.73 Å². The van der Waals surface area contributed by atoms with Gasteiger partial charge in [-0.05, 0) is 19.1 Å². The number of rotatable bonds is 3. The Morgan fingerprint density at radius 1 is 1.62 bits per heavy atom. The average Bonchev–Trinajstić information content (AvgIpc) is 2.55. The molecule has 1 aromatic rings. The second-order valence-corrected chi connectivity index (χ2v) is 2.55. The van der Waals surface area contributed by atoms with Gasteiger partial charge in [0, 0.05) is 0 Å². The van der Waals surface area contributed by atoms with Gasteiger partial charge in [0.2, 0.25) is 0 Å². The van der Waals surface area contributed by atoms with Crippen molar-refractivity contribution < 1.29 is 18.0 Å². The molecule has 0 saturated carbocycles. The molecule has 0 fully saturated rings. The Bertz CT molecular complexity index is 272. The first-order valence-corrected chi connectivity index (χ1v) is 3.73. The van der Waals surface area contributed by atoms with Gasteiger partial charge >= 0.3 is 6.43 Å². The number of carbonyl (C=O) groups is 1. The summed E-state index contributed by atoms with van der Waals surface area (Å²) in [6.07, 6.45) is -1.57. The molecule has 0 radical (unpaired) electrons. The second-order valence-electron chi connectivity index (χ2n) is 2.55. The van der Waals surface area contributed by atoms with Gasteiger partial charge in [0.05, 0.1) is 12.3 Å². The summed E-state index contributed by atoms with van der Waals surface area (Å²) in [7, 11) is 0. The topological polar surface area (TPSA) is 42.2 Å². The van der Waals surface area contributed by atoms with Crippen molar-refractivity contribution >= 4 is 5.91 Å². The Morgan fingerprint density at radius 2 is 2.31 bits per heavy atom. The minimum absolute atomic E-state index is 0.453. The lowest BCUT2D eigenvalue weighted by Crippen LogP contribution is -2.31. The van der Waals surface area contributed by atoms with Crippen LogP contribution in [-0.4, -0.2) is 12.3 Å². The van der Waals surface area contributed by atoms with Gasteiger partial charge in [-0.25, -0.2) is 0 Å². The van der Waals surface area contributed by atoms with Crippen molar-refractivity contribution in [3.8, 4) is 0 Å². The predicted molar refractivity (Wildman–Crippen MR) is 41.3 cm³/mol. The quantitative estimate of drug-likeness (QED) is 0.786. The van der Waals surface area contributed by atoms with Gasteiger partial charge in [-0.2, -0.15) is 8.78 Å². The zero-order chi connectivity index (χ0) is 9.84. The summed E-state index contributed by atoms with van der Waals surface area (Å²) in [5.74, 6) is -0.835. The van der Waals surface area contributed by atoms with Crippen molar-refractivity contribution in [2.24, 2.45) is 0 Å². The molecule has 0 saturated heterocycles. The molecule has 0 bridgehead atoms. The van der Waals surface area contributed by atoms with Crippen molar-refractivity contribution in [3.63, 3.8) is 0 Å². The molecule has 3 nitrogen and oxygen atoms in total. The number of carbonyl (C=O) groups excluding carboxylic acids is 1. The second kappa shape index (κ2) is 4.02. The highest BCUT2D eigenvalue weighted by atomic mass is 19.3. The highest BCUT2D eigenvalue weighted by Crippen LogP contribution is 2.12.